The van der Waals surface area contributed by atoms with Gasteiger partial charge in [-0.1, -0.05) is 23.3 Å². The van der Waals surface area contributed by atoms with Crippen molar-refractivity contribution in [3.8, 4) is 11.5 Å². The number of hydrogen-bond donors (Lipinski definition) is 6. The van der Waals surface area contributed by atoms with E-state index in [1.54, 1.807) is 24.3 Å². The first-order valence-electron chi connectivity index (χ1n) is 18.5. The number of ether oxygens (including phenoxy) is 2. The maximum absolute atomic E-state index is 12.9. The Kier molecular flexibility index (Phi) is 13.8. The number of nitrogens with one attached hydrogen (secondary N) is 3. The second kappa shape index (κ2) is 18.5. The van der Waals surface area contributed by atoms with Crippen LogP contribution in [0.2, 0.25) is 0 Å². The number of nitrogens with zero attached hydrogens (tertiary/aromatic N) is 4. The number of carbonyl (C=O) groups excluding carboxylic acids is 2. The lowest BCUT2D eigenvalue weighted by Crippen LogP contribution is -2.39. The summed E-state index contributed by atoms with van der Waals surface area (Å²) in [6.07, 6.45) is 11.0. The molecule has 0 saturated heterocycles. The highest BCUT2D eigenvalue weighted by Crippen LogP contribution is 2.28. The fourth-order valence-corrected chi connectivity index (χ4v) is 7.70. The van der Waals surface area contributed by atoms with E-state index in [1.807, 2.05) is 26.0 Å². The van der Waals surface area contributed by atoms with E-state index in [2.05, 4.69) is 35.3 Å². The largest absolute Gasteiger partial charge is 0.496 e. The fourth-order valence-electron chi connectivity index (χ4n) is 6.85. The Balaban J connectivity index is 0.000000216. The lowest BCUT2D eigenvalue weighted by Gasteiger charge is -2.29. The zero-order valence-electron chi connectivity index (χ0n) is 32.5. The van der Waals surface area contributed by atoms with Crippen LogP contribution in [0.15, 0.2) is 48.8 Å². The van der Waals surface area contributed by atoms with E-state index in [9.17, 15) is 18.0 Å². The second-order valence-electron chi connectivity index (χ2n) is 14.4. The number of rotatable bonds is 12. The van der Waals surface area contributed by atoms with Gasteiger partial charge in [-0.25, -0.2) is 23.1 Å². The summed E-state index contributed by atoms with van der Waals surface area (Å²) in [5, 5.41) is 6.51. The van der Waals surface area contributed by atoms with Crippen LogP contribution in [0.5, 0.6) is 11.5 Å². The molecule has 0 aliphatic heterocycles. The molecule has 0 amide bonds. The van der Waals surface area contributed by atoms with Crippen LogP contribution in [0.1, 0.15) is 94.3 Å². The molecule has 300 valence electrons. The van der Waals surface area contributed by atoms with Crippen molar-refractivity contribution in [3.63, 3.8) is 0 Å². The summed E-state index contributed by atoms with van der Waals surface area (Å²) in [6, 6.07) is 11.4. The number of benzene rings is 2. The lowest BCUT2D eigenvalue weighted by atomic mass is 9.92. The highest BCUT2D eigenvalue weighted by molar-refractivity contribution is 7.88. The number of methoxy groups -OCH3 is 2. The quantitative estimate of drug-likeness (QED) is 0.110. The molecule has 0 radical (unpaired) electrons. The Bertz CT molecular complexity index is 2130. The normalized spacial score (nSPS) is 19.5. The first kappa shape index (κ1) is 41.8. The van der Waals surface area contributed by atoms with Gasteiger partial charge in [-0.2, -0.15) is 9.97 Å². The number of ketones is 2. The predicted octanol–water partition coefficient (Wildman–Crippen LogP) is 4.17. The van der Waals surface area contributed by atoms with Crippen molar-refractivity contribution in [3.05, 3.63) is 82.2 Å². The van der Waals surface area contributed by atoms with Gasteiger partial charge in [0.2, 0.25) is 33.5 Å². The molecule has 6 rings (SSSR count). The molecular formula is C39H52N10O6S. The highest BCUT2D eigenvalue weighted by atomic mass is 32.2. The van der Waals surface area contributed by atoms with Gasteiger partial charge in [-0.05, 0) is 89.5 Å². The number of carbonyl (C=O) groups is 2. The van der Waals surface area contributed by atoms with Gasteiger partial charge in [-0.15, -0.1) is 0 Å². The Hall–Kier alpha value is -5.39. The van der Waals surface area contributed by atoms with Gasteiger partial charge in [0.15, 0.2) is 0 Å². The molecule has 2 aliphatic carbocycles. The van der Waals surface area contributed by atoms with E-state index < -0.39 is 10.0 Å². The fraction of sp³-hybridized carbons (Fsp3) is 0.436. The Morgan fingerprint density at radius 3 is 1.43 bits per heavy atom. The standard InChI is InChI=1S/C20H27N5O4S.C19H25N5O2/c1-12-4-9-17(29-2)15(10-12)18(26)16-11-22-20(24-19(16)21)23-13-5-7-14(8-6-13)25-30(3,27)28;1-11-3-8-16(26-2)14(9-11)17(25)15-10-22-19(24-18(15)21)23-13-6-4-12(20)5-7-13/h4,9-11,13-14,25H,5-8H2,1-3H3,(H3,21,22,23,24);3,8-10,12-13H,4-7,20H2,1-2H3,(H3,21,22,23,24). The molecule has 17 heteroatoms. The summed E-state index contributed by atoms with van der Waals surface area (Å²) >= 11 is 0. The number of nitrogens with two attached hydrogens (primary N) is 3. The van der Waals surface area contributed by atoms with Gasteiger partial charge in [0, 0.05) is 36.6 Å². The third-order valence-electron chi connectivity index (χ3n) is 9.87. The average Bonchev–Trinajstić information content (AvgIpc) is 3.16. The molecule has 0 bridgehead atoms. The van der Waals surface area contributed by atoms with Crippen LogP contribution in [-0.4, -0.2) is 84.6 Å². The van der Waals surface area contributed by atoms with Crippen LogP contribution in [-0.2, 0) is 10.0 Å². The molecule has 2 heterocycles. The van der Waals surface area contributed by atoms with Gasteiger partial charge >= 0.3 is 0 Å². The van der Waals surface area contributed by atoms with Crippen molar-refractivity contribution in [2.75, 3.05) is 42.6 Å². The number of sulfonamides is 1. The second-order valence-corrected chi connectivity index (χ2v) is 16.2. The summed E-state index contributed by atoms with van der Waals surface area (Å²) < 4.78 is 35.9. The molecule has 2 aromatic carbocycles. The van der Waals surface area contributed by atoms with Crippen molar-refractivity contribution in [2.45, 2.75) is 89.4 Å². The van der Waals surface area contributed by atoms with Crippen molar-refractivity contribution < 1.29 is 27.5 Å². The van der Waals surface area contributed by atoms with Crippen LogP contribution < -0.4 is 42.0 Å². The monoisotopic (exact) mass is 788 g/mol. The molecule has 9 N–H and O–H groups in total. The van der Waals surface area contributed by atoms with E-state index in [-0.39, 0.29) is 58.5 Å². The summed E-state index contributed by atoms with van der Waals surface area (Å²) in [4.78, 5) is 42.9. The molecule has 4 aromatic rings. The van der Waals surface area contributed by atoms with Crippen LogP contribution in [0.3, 0.4) is 0 Å². The van der Waals surface area contributed by atoms with E-state index >= 15 is 0 Å². The lowest BCUT2D eigenvalue weighted by molar-refractivity contribution is 0.102. The summed E-state index contributed by atoms with van der Waals surface area (Å²) in [6.45, 7) is 3.81. The molecular weight excluding hydrogens is 737 g/mol. The van der Waals surface area contributed by atoms with Crippen molar-refractivity contribution >= 4 is 45.1 Å². The number of nitrogen functional groups attached to an aromatic ring is 2. The van der Waals surface area contributed by atoms with Gasteiger partial charge in [0.05, 0.1) is 42.7 Å². The van der Waals surface area contributed by atoms with Crippen molar-refractivity contribution in [1.82, 2.24) is 24.7 Å². The first-order valence-corrected chi connectivity index (χ1v) is 20.4. The highest BCUT2D eigenvalue weighted by Gasteiger charge is 2.25. The van der Waals surface area contributed by atoms with Crippen LogP contribution >= 0.6 is 0 Å². The van der Waals surface area contributed by atoms with E-state index in [4.69, 9.17) is 26.7 Å². The van der Waals surface area contributed by atoms with Gasteiger partial charge in [0.25, 0.3) is 0 Å². The first-order chi connectivity index (χ1) is 26.6. The van der Waals surface area contributed by atoms with E-state index in [1.165, 1.54) is 32.9 Å². The zero-order chi connectivity index (χ0) is 40.6. The minimum atomic E-state index is -3.20. The van der Waals surface area contributed by atoms with Crippen molar-refractivity contribution in [2.24, 2.45) is 5.73 Å². The molecule has 56 heavy (non-hydrogen) atoms. The zero-order valence-corrected chi connectivity index (χ0v) is 33.3. The molecule has 16 nitrogen and oxygen atoms in total. The third kappa shape index (κ3) is 11.1. The topological polar surface area (TPSA) is 252 Å². The Morgan fingerprint density at radius 1 is 0.661 bits per heavy atom. The van der Waals surface area contributed by atoms with Crippen LogP contribution in [0.25, 0.3) is 0 Å². The molecule has 2 fully saturated rings. The summed E-state index contributed by atoms with van der Waals surface area (Å²) in [5.74, 6) is 1.45. The summed E-state index contributed by atoms with van der Waals surface area (Å²) in [5.41, 5.74) is 21.3. The third-order valence-corrected chi connectivity index (χ3v) is 10.6. The number of aryl methyl sites for hydroxylation is 2. The van der Waals surface area contributed by atoms with Gasteiger partial charge in [0.1, 0.15) is 23.1 Å². The van der Waals surface area contributed by atoms with Crippen molar-refractivity contribution in [1.29, 1.82) is 0 Å². The molecule has 2 aliphatic rings. The number of aromatic nitrogens is 4. The van der Waals surface area contributed by atoms with Crippen LogP contribution in [0, 0.1) is 13.8 Å². The average molecular weight is 789 g/mol. The molecule has 0 atom stereocenters. The van der Waals surface area contributed by atoms with Gasteiger partial charge < -0.3 is 37.3 Å². The number of hydrogen-bond acceptors (Lipinski definition) is 15. The molecule has 0 unspecified atom stereocenters. The predicted molar refractivity (Wildman–Crippen MR) is 217 cm³/mol. The number of anilines is 4. The van der Waals surface area contributed by atoms with E-state index in [0.29, 0.717) is 34.5 Å². The molecule has 0 spiro atoms. The molecule has 2 saturated carbocycles. The maximum Gasteiger partial charge on any atom is 0.224 e. The minimum absolute atomic E-state index is 0.0478. The summed E-state index contributed by atoms with van der Waals surface area (Å²) in [7, 11) is -0.161. The maximum atomic E-state index is 12.9. The Labute approximate surface area is 327 Å². The molecule has 2 aromatic heterocycles. The SMILES string of the molecule is COc1ccc(C)cc1C(=O)c1cnc(NC2CCC(N)CC2)nc1N.COc1ccc(C)cc1C(=O)c1cnc(NC2CCC(NS(C)(=O)=O)CC2)nc1N. The minimum Gasteiger partial charge on any atom is -0.496 e. The van der Waals surface area contributed by atoms with E-state index in [0.717, 1.165) is 62.5 Å². The van der Waals surface area contributed by atoms with Crippen LogP contribution in [0.4, 0.5) is 23.5 Å². The smallest absolute Gasteiger partial charge is 0.224 e. The van der Waals surface area contributed by atoms with Gasteiger partial charge in [-0.3, -0.25) is 9.59 Å². The Morgan fingerprint density at radius 2 is 1.05 bits per heavy atom.